The molecule has 0 amide bonds. The molecule has 17 heavy (non-hydrogen) atoms. The van der Waals surface area contributed by atoms with E-state index in [1.54, 1.807) is 12.1 Å². The average molecular weight is 292 g/mol. The zero-order valence-electron chi connectivity index (χ0n) is 9.80. The summed E-state index contributed by atoms with van der Waals surface area (Å²) in [5.74, 6) is 0. The first-order valence-corrected chi connectivity index (χ1v) is 7.69. The van der Waals surface area contributed by atoms with E-state index < -0.39 is 10.8 Å². The quantitative estimate of drug-likeness (QED) is 0.923. The Kier molecular flexibility index (Phi) is 4.14. The molecule has 0 aromatic heterocycles. The van der Waals surface area contributed by atoms with Crippen LogP contribution in [-0.2, 0) is 10.8 Å². The summed E-state index contributed by atoms with van der Waals surface area (Å²) in [4.78, 5) is 0.792. The Hall–Kier alpha value is -0.0900. The molecule has 0 radical (unpaired) electrons. The van der Waals surface area contributed by atoms with Gasteiger partial charge in [-0.25, -0.2) is 0 Å². The number of rotatable bonds is 3. The van der Waals surface area contributed by atoms with Crippen LogP contribution in [0.15, 0.2) is 17.0 Å². The van der Waals surface area contributed by atoms with Crippen molar-refractivity contribution in [2.24, 2.45) is 0 Å². The highest BCUT2D eigenvalue weighted by molar-refractivity contribution is 7.86. The van der Waals surface area contributed by atoms with Crippen molar-refractivity contribution < 1.29 is 4.21 Å². The molecule has 0 saturated carbocycles. The zero-order chi connectivity index (χ0) is 12.6. The van der Waals surface area contributed by atoms with Gasteiger partial charge >= 0.3 is 0 Å². The second-order valence-corrected chi connectivity index (χ2v) is 6.56. The highest BCUT2D eigenvalue weighted by atomic mass is 35.5. The van der Waals surface area contributed by atoms with Gasteiger partial charge in [-0.15, -0.1) is 0 Å². The molecule has 1 aromatic carbocycles. The first-order chi connectivity index (χ1) is 8.10. The Morgan fingerprint density at radius 3 is 2.65 bits per heavy atom. The monoisotopic (exact) mass is 291 g/mol. The van der Waals surface area contributed by atoms with E-state index in [0.717, 1.165) is 23.4 Å². The van der Waals surface area contributed by atoms with E-state index in [0.29, 0.717) is 10.0 Å². The molecule has 0 spiro atoms. The molecule has 3 atom stereocenters. The first-order valence-electron chi connectivity index (χ1n) is 5.73. The fraction of sp³-hybridized carbons (Fsp3) is 0.500. The highest BCUT2D eigenvalue weighted by Gasteiger charge is 2.38. The van der Waals surface area contributed by atoms with Crippen LogP contribution in [0.2, 0.25) is 10.0 Å². The van der Waals surface area contributed by atoms with Crippen molar-refractivity contribution in [1.29, 1.82) is 0 Å². The second kappa shape index (κ2) is 5.27. The Morgan fingerprint density at radius 2 is 2.06 bits per heavy atom. The minimum Gasteiger partial charge on any atom is -0.309 e. The fourth-order valence-corrected chi connectivity index (χ4v) is 4.88. The van der Waals surface area contributed by atoms with Crippen LogP contribution in [0.25, 0.3) is 0 Å². The number of halogens is 2. The van der Waals surface area contributed by atoms with Gasteiger partial charge in [-0.05, 0) is 25.1 Å². The van der Waals surface area contributed by atoms with Gasteiger partial charge in [0.25, 0.3) is 0 Å². The Labute approximate surface area is 114 Å². The topological polar surface area (TPSA) is 29.1 Å². The summed E-state index contributed by atoms with van der Waals surface area (Å²) in [5.41, 5.74) is 0.961. The maximum Gasteiger partial charge on any atom is 0.0588 e. The second-order valence-electron chi connectivity index (χ2n) is 4.08. The van der Waals surface area contributed by atoms with Gasteiger partial charge in [0, 0.05) is 26.5 Å². The molecule has 94 valence electrons. The lowest BCUT2D eigenvalue weighted by Crippen LogP contribution is -2.29. The summed E-state index contributed by atoms with van der Waals surface area (Å²) in [7, 11) is -1.02. The van der Waals surface area contributed by atoms with Gasteiger partial charge in [0.2, 0.25) is 0 Å². The summed E-state index contributed by atoms with van der Waals surface area (Å²) < 4.78 is 12.4. The van der Waals surface area contributed by atoms with Crippen molar-refractivity contribution in [3.05, 3.63) is 27.7 Å². The van der Waals surface area contributed by atoms with Gasteiger partial charge in [0.05, 0.1) is 16.0 Å². The van der Waals surface area contributed by atoms with Gasteiger partial charge in [-0.2, -0.15) is 0 Å². The highest BCUT2D eigenvalue weighted by Crippen LogP contribution is 2.43. The molecular weight excluding hydrogens is 277 g/mol. The number of nitrogens with one attached hydrogen (secondary N) is 1. The predicted molar refractivity (Wildman–Crippen MR) is 73.4 cm³/mol. The molecular formula is C12H15Cl2NOS. The third-order valence-electron chi connectivity index (χ3n) is 3.06. The maximum atomic E-state index is 12.4. The molecule has 1 aliphatic rings. The van der Waals surface area contributed by atoms with Crippen molar-refractivity contribution in [3.8, 4) is 0 Å². The van der Waals surface area contributed by atoms with Crippen LogP contribution < -0.4 is 5.32 Å². The SMILES string of the molecule is CCNC1c2c(Cl)cc(Cl)cc2S(=O)C1CC. The molecule has 0 fully saturated rings. The van der Waals surface area contributed by atoms with Crippen molar-refractivity contribution in [1.82, 2.24) is 5.32 Å². The average Bonchev–Trinajstić information content (AvgIpc) is 2.53. The molecule has 0 bridgehead atoms. The number of hydrogen-bond donors (Lipinski definition) is 1. The van der Waals surface area contributed by atoms with Gasteiger partial charge < -0.3 is 5.32 Å². The molecule has 5 heteroatoms. The summed E-state index contributed by atoms with van der Waals surface area (Å²) in [6, 6.07) is 3.58. The molecule has 3 unspecified atom stereocenters. The van der Waals surface area contributed by atoms with Crippen molar-refractivity contribution in [2.45, 2.75) is 36.5 Å². The molecule has 2 nitrogen and oxygen atoms in total. The van der Waals surface area contributed by atoms with E-state index in [9.17, 15) is 4.21 Å². The van der Waals surface area contributed by atoms with Crippen molar-refractivity contribution in [2.75, 3.05) is 6.54 Å². The number of fused-ring (bicyclic) bond motifs is 1. The largest absolute Gasteiger partial charge is 0.309 e. The van der Waals surface area contributed by atoms with E-state index in [-0.39, 0.29) is 11.3 Å². The van der Waals surface area contributed by atoms with Crippen LogP contribution in [0.3, 0.4) is 0 Å². The zero-order valence-corrected chi connectivity index (χ0v) is 12.1. The number of hydrogen-bond acceptors (Lipinski definition) is 2. The standard InChI is InChI=1S/C12H15Cl2NOS/c1-3-9-12(15-4-2)11-8(14)5-7(13)6-10(11)17(9)16/h5-6,9,12,15H,3-4H2,1-2H3. The predicted octanol–water partition coefficient (Wildman–Crippen LogP) is 3.54. The van der Waals surface area contributed by atoms with Crippen molar-refractivity contribution >= 4 is 34.0 Å². The van der Waals surface area contributed by atoms with Crippen molar-refractivity contribution in [3.63, 3.8) is 0 Å². The number of benzene rings is 1. The molecule has 0 saturated heterocycles. The third-order valence-corrected chi connectivity index (χ3v) is 5.51. The lowest BCUT2D eigenvalue weighted by molar-refractivity contribution is 0.521. The molecule has 0 aliphatic carbocycles. The van der Waals surface area contributed by atoms with E-state index in [2.05, 4.69) is 5.32 Å². The van der Waals surface area contributed by atoms with Gasteiger partial charge in [-0.3, -0.25) is 4.21 Å². The van der Waals surface area contributed by atoms with Gasteiger partial charge in [0.15, 0.2) is 0 Å². The summed E-state index contributed by atoms with van der Waals surface area (Å²) in [6.07, 6.45) is 0.854. The molecule has 1 aliphatic heterocycles. The maximum absolute atomic E-state index is 12.4. The van der Waals surface area contributed by atoms with Crippen LogP contribution in [-0.4, -0.2) is 16.0 Å². The van der Waals surface area contributed by atoms with Gasteiger partial charge in [-0.1, -0.05) is 37.0 Å². The van der Waals surface area contributed by atoms with E-state index in [1.807, 2.05) is 13.8 Å². The van der Waals surface area contributed by atoms with E-state index >= 15 is 0 Å². The third kappa shape index (κ3) is 2.26. The van der Waals surface area contributed by atoms with Crippen LogP contribution in [0.4, 0.5) is 0 Å². The normalized spacial score (nSPS) is 27.2. The Balaban J connectivity index is 2.55. The molecule has 1 aromatic rings. The van der Waals surface area contributed by atoms with Crippen LogP contribution in [0.1, 0.15) is 31.9 Å². The smallest absolute Gasteiger partial charge is 0.0588 e. The van der Waals surface area contributed by atoms with Crippen LogP contribution >= 0.6 is 23.2 Å². The summed E-state index contributed by atoms with van der Waals surface area (Å²) >= 11 is 12.2. The summed E-state index contributed by atoms with van der Waals surface area (Å²) in [6.45, 7) is 4.92. The molecule has 1 N–H and O–H groups in total. The minimum atomic E-state index is -1.02. The van der Waals surface area contributed by atoms with E-state index in [4.69, 9.17) is 23.2 Å². The fourth-order valence-electron chi connectivity index (χ4n) is 2.34. The lowest BCUT2D eigenvalue weighted by Gasteiger charge is -2.19. The molecule has 1 heterocycles. The Morgan fingerprint density at radius 1 is 1.35 bits per heavy atom. The molecule has 2 rings (SSSR count). The summed E-state index contributed by atoms with van der Waals surface area (Å²) in [5, 5.41) is 4.62. The van der Waals surface area contributed by atoms with E-state index in [1.165, 1.54) is 0 Å². The minimum absolute atomic E-state index is 0.0746. The van der Waals surface area contributed by atoms with Crippen LogP contribution in [0, 0.1) is 0 Å². The van der Waals surface area contributed by atoms with Crippen LogP contribution in [0.5, 0.6) is 0 Å². The van der Waals surface area contributed by atoms with Gasteiger partial charge in [0.1, 0.15) is 0 Å². The lowest BCUT2D eigenvalue weighted by atomic mass is 10.0. The Bertz CT molecular complexity index is 464. The first kappa shape index (κ1) is 13.3.